The molecule has 0 aliphatic rings. The van der Waals surface area contributed by atoms with Gasteiger partial charge < -0.3 is 14.9 Å². The van der Waals surface area contributed by atoms with Crippen molar-refractivity contribution >= 4 is 23.2 Å². The maximum Gasteiger partial charge on any atom is 0.308 e. The fourth-order valence-electron chi connectivity index (χ4n) is 2.81. The predicted molar refractivity (Wildman–Crippen MR) is 105 cm³/mol. The number of aromatic nitrogens is 2. The Kier molecular flexibility index (Phi) is 6.54. The first-order valence-corrected chi connectivity index (χ1v) is 9.86. The van der Waals surface area contributed by atoms with Crippen molar-refractivity contribution in [2.24, 2.45) is 5.92 Å². The van der Waals surface area contributed by atoms with Crippen molar-refractivity contribution in [3.63, 3.8) is 0 Å². The number of thiophene rings is 1. The fourth-order valence-corrected chi connectivity index (χ4v) is 3.46. The zero-order valence-corrected chi connectivity index (χ0v) is 16.2. The number of hydrogen-bond donors (Lipinski definition) is 2. The molecule has 2 atom stereocenters. The molecule has 1 aromatic carbocycles. The number of amides is 1. The van der Waals surface area contributed by atoms with Crippen molar-refractivity contribution in [3.05, 3.63) is 59.3 Å². The van der Waals surface area contributed by atoms with Crippen LogP contribution in [0.3, 0.4) is 0 Å². The van der Waals surface area contributed by atoms with Crippen LogP contribution in [0.5, 0.6) is 0 Å². The molecule has 0 aliphatic carbocycles. The van der Waals surface area contributed by atoms with Gasteiger partial charge >= 0.3 is 5.97 Å². The second kappa shape index (κ2) is 9.27. The summed E-state index contributed by atoms with van der Waals surface area (Å²) in [6, 6.07) is 12.4. The number of aliphatic carboxylic acids is 1. The minimum absolute atomic E-state index is 0.208. The summed E-state index contributed by atoms with van der Waals surface area (Å²) in [5.41, 5.74) is 0.767. The Bertz CT molecular complexity index is 909. The van der Waals surface area contributed by atoms with Crippen LogP contribution in [0.4, 0.5) is 0 Å². The van der Waals surface area contributed by atoms with Gasteiger partial charge in [0.2, 0.25) is 17.6 Å². The van der Waals surface area contributed by atoms with E-state index in [1.807, 2.05) is 47.8 Å². The van der Waals surface area contributed by atoms with E-state index >= 15 is 0 Å². The number of nitrogens with one attached hydrogen (secondary N) is 1. The van der Waals surface area contributed by atoms with Crippen LogP contribution < -0.4 is 5.32 Å². The van der Waals surface area contributed by atoms with Crippen molar-refractivity contribution in [1.82, 2.24) is 15.5 Å². The molecule has 0 bridgehead atoms. The first-order chi connectivity index (χ1) is 13.5. The summed E-state index contributed by atoms with van der Waals surface area (Å²) in [5, 5.41) is 18.1. The van der Waals surface area contributed by atoms with E-state index in [2.05, 4.69) is 15.5 Å². The number of carbonyl (C=O) groups is 2. The van der Waals surface area contributed by atoms with E-state index in [1.54, 1.807) is 6.92 Å². The Balaban J connectivity index is 1.54. The van der Waals surface area contributed by atoms with Gasteiger partial charge in [0.05, 0.1) is 16.8 Å². The Hall–Kier alpha value is -3.00. The molecule has 0 saturated carbocycles. The summed E-state index contributed by atoms with van der Waals surface area (Å²) in [7, 11) is 0. The van der Waals surface area contributed by atoms with Crippen molar-refractivity contribution in [2.75, 3.05) is 0 Å². The Morgan fingerprint density at radius 3 is 2.68 bits per heavy atom. The quantitative estimate of drug-likeness (QED) is 0.568. The zero-order valence-electron chi connectivity index (χ0n) is 15.4. The van der Waals surface area contributed by atoms with Gasteiger partial charge in [0.25, 0.3) is 0 Å². The lowest BCUT2D eigenvalue weighted by atomic mass is 9.94. The normalized spacial score (nSPS) is 13.0. The van der Waals surface area contributed by atoms with Crippen LogP contribution in [0.15, 0.2) is 52.4 Å². The molecule has 2 unspecified atom stereocenters. The highest BCUT2D eigenvalue weighted by Crippen LogP contribution is 2.23. The van der Waals surface area contributed by atoms with Crippen molar-refractivity contribution in [3.8, 4) is 10.7 Å². The van der Waals surface area contributed by atoms with E-state index in [9.17, 15) is 14.7 Å². The third-order valence-electron chi connectivity index (χ3n) is 4.37. The third kappa shape index (κ3) is 5.04. The van der Waals surface area contributed by atoms with Crippen LogP contribution in [0, 0.1) is 5.92 Å². The van der Waals surface area contributed by atoms with Gasteiger partial charge in [-0.3, -0.25) is 9.59 Å². The molecule has 0 aliphatic heterocycles. The lowest BCUT2D eigenvalue weighted by molar-refractivity contribution is -0.142. The molecule has 3 rings (SSSR count). The molecule has 2 N–H and O–H groups in total. The molecule has 2 aromatic heterocycles. The Morgan fingerprint density at radius 2 is 2.00 bits per heavy atom. The molecule has 0 fully saturated rings. The van der Waals surface area contributed by atoms with Crippen LogP contribution in [0.1, 0.15) is 37.3 Å². The lowest BCUT2D eigenvalue weighted by Crippen LogP contribution is -2.35. The van der Waals surface area contributed by atoms with Gasteiger partial charge in [-0.1, -0.05) is 41.6 Å². The first-order valence-electron chi connectivity index (χ1n) is 8.98. The predicted octanol–water partition coefficient (Wildman–Crippen LogP) is 3.70. The summed E-state index contributed by atoms with van der Waals surface area (Å²) in [6.45, 7) is 1.59. The molecular formula is C20H21N3O4S. The smallest absolute Gasteiger partial charge is 0.308 e. The largest absolute Gasteiger partial charge is 0.481 e. The Labute approximate surface area is 166 Å². The summed E-state index contributed by atoms with van der Waals surface area (Å²) < 4.78 is 5.23. The van der Waals surface area contributed by atoms with Crippen molar-refractivity contribution in [2.45, 2.75) is 32.2 Å². The molecule has 146 valence electrons. The SMILES string of the molecule is CC(C(=O)O)C(NC(=O)CCCc1nc(-c2cccs2)no1)c1ccccc1. The molecule has 0 saturated heterocycles. The standard InChI is InChI=1S/C20H21N3O4S/c1-13(20(25)26)18(14-7-3-2-4-8-14)21-16(24)10-5-11-17-22-19(23-27-17)15-9-6-12-28-15/h2-4,6-9,12-13,18H,5,10-11H2,1H3,(H,21,24)(H,25,26). The van der Waals surface area contributed by atoms with Crippen LogP contribution in [-0.2, 0) is 16.0 Å². The van der Waals surface area contributed by atoms with Crippen LogP contribution in [0.25, 0.3) is 10.7 Å². The number of carboxylic acid groups (broad SMARTS) is 1. The Morgan fingerprint density at radius 1 is 1.21 bits per heavy atom. The average molecular weight is 399 g/mol. The number of rotatable bonds is 9. The molecule has 0 radical (unpaired) electrons. The second-order valence-electron chi connectivity index (χ2n) is 6.43. The van der Waals surface area contributed by atoms with E-state index < -0.39 is 17.9 Å². The highest BCUT2D eigenvalue weighted by molar-refractivity contribution is 7.13. The van der Waals surface area contributed by atoms with Gasteiger partial charge in [-0.25, -0.2) is 0 Å². The summed E-state index contributed by atoms with van der Waals surface area (Å²) in [4.78, 5) is 29.0. The molecule has 0 spiro atoms. The van der Waals surface area contributed by atoms with Gasteiger partial charge in [-0.15, -0.1) is 11.3 Å². The topological polar surface area (TPSA) is 105 Å². The highest BCUT2D eigenvalue weighted by Gasteiger charge is 2.26. The second-order valence-corrected chi connectivity index (χ2v) is 7.37. The van der Waals surface area contributed by atoms with Crippen molar-refractivity contribution < 1.29 is 19.2 Å². The molecule has 3 aromatic rings. The van der Waals surface area contributed by atoms with Gasteiger partial charge in [0, 0.05) is 12.8 Å². The first kappa shape index (κ1) is 19.8. The zero-order chi connectivity index (χ0) is 19.9. The third-order valence-corrected chi connectivity index (χ3v) is 5.23. The molecule has 8 heteroatoms. The maximum absolute atomic E-state index is 12.4. The van der Waals surface area contributed by atoms with E-state index in [1.165, 1.54) is 11.3 Å². The fraction of sp³-hybridized carbons (Fsp3) is 0.300. The van der Waals surface area contributed by atoms with Gasteiger partial charge in [-0.05, 0) is 30.4 Å². The molecule has 7 nitrogen and oxygen atoms in total. The van der Waals surface area contributed by atoms with Crippen LogP contribution in [0.2, 0.25) is 0 Å². The average Bonchev–Trinajstić information content (AvgIpc) is 3.38. The lowest BCUT2D eigenvalue weighted by Gasteiger charge is -2.23. The summed E-state index contributed by atoms with van der Waals surface area (Å²) in [6.07, 6.45) is 1.25. The maximum atomic E-state index is 12.4. The number of nitrogens with zero attached hydrogens (tertiary/aromatic N) is 2. The number of carboxylic acids is 1. The molecule has 2 heterocycles. The van der Waals surface area contributed by atoms with E-state index in [4.69, 9.17) is 4.52 Å². The minimum atomic E-state index is -0.957. The number of aryl methyl sites for hydroxylation is 1. The number of carbonyl (C=O) groups excluding carboxylic acids is 1. The van der Waals surface area contributed by atoms with Crippen molar-refractivity contribution in [1.29, 1.82) is 0 Å². The summed E-state index contributed by atoms with van der Waals surface area (Å²) in [5.74, 6) is -0.875. The van der Waals surface area contributed by atoms with Crippen LogP contribution in [-0.4, -0.2) is 27.1 Å². The van der Waals surface area contributed by atoms with Gasteiger partial charge in [0.15, 0.2) is 0 Å². The van der Waals surface area contributed by atoms with Gasteiger partial charge in [-0.2, -0.15) is 4.98 Å². The summed E-state index contributed by atoms with van der Waals surface area (Å²) >= 11 is 1.53. The minimum Gasteiger partial charge on any atom is -0.481 e. The number of hydrogen-bond acceptors (Lipinski definition) is 6. The van der Waals surface area contributed by atoms with Gasteiger partial charge in [0.1, 0.15) is 0 Å². The van der Waals surface area contributed by atoms with E-state index in [-0.39, 0.29) is 12.3 Å². The van der Waals surface area contributed by atoms with E-state index in [0.717, 1.165) is 10.4 Å². The molecule has 1 amide bonds. The molecular weight excluding hydrogens is 378 g/mol. The monoisotopic (exact) mass is 399 g/mol. The number of benzene rings is 1. The highest BCUT2D eigenvalue weighted by atomic mass is 32.1. The van der Waals surface area contributed by atoms with Crippen LogP contribution >= 0.6 is 11.3 Å². The molecule has 28 heavy (non-hydrogen) atoms. The van der Waals surface area contributed by atoms with E-state index in [0.29, 0.717) is 24.6 Å².